The molecule has 1 aliphatic heterocycles. The van der Waals surface area contributed by atoms with Crippen LogP contribution in [0.2, 0.25) is 0 Å². The zero-order valence-electron chi connectivity index (χ0n) is 5.13. The van der Waals surface area contributed by atoms with Crippen LogP contribution in [0.25, 0.3) is 0 Å². The molecule has 0 radical (unpaired) electrons. The van der Waals surface area contributed by atoms with Crippen LogP contribution in [0.1, 0.15) is 0 Å². The normalized spacial score (nSPS) is 30.0. The van der Waals surface area contributed by atoms with Gasteiger partial charge in [-0.25, -0.2) is 4.79 Å². The predicted octanol–water partition coefficient (Wildman–Crippen LogP) is -1.78. The van der Waals surface area contributed by atoms with Crippen LogP contribution in [-0.2, 0) is 9.63 Å². The van der Waals surface area contributed by atoms with Crippen molar-refractivity contribution in [2.45, 2.75) is 6.29 Å². The summed E-state index contributed by atoms with van der Waals surface area (Å²) in [6.07, 6.45) is -0.373. The number of nitrogens with one attached hydrogen (secondary N) is 1. The molecule has 52 valence electrons. The quantitative estimate of drug-likeness (QED) is 0.407. The topological polar surface area (TPSA) is 67.6 Å². The van der Waals surface area contributed by atoms with Gasteiger partial charge in [-0.2, -0.15) is 0 Å². The van der Waals surface area contributed by atoms with Gasteiger partial charge in [0.05, 0.1) is 0 Å². The summed E-state index contributed by atoms with van der Waals surface area (Å²) in [6, 6.07) is 0. The summed E-state index contributed by atoms with van der Waals surface area (Å²) < 4.78 is 0. The van der Waals surface area contributed by atoms with E-state index in [1.165, 1.54) is 0 Å². The summed E-state index contributed by atoms with van der Waals surface area (Å²) in [4.78, 5) is 16.5. The van der Waals surface area contributed by atoms with Gasteiger partial charge in [0.2, 0.25) is 0 Å². The Hall–Kier alpha value is -0.650. The fourth-order valence-corrected chi connectivity index (χ4v) is 0.550. The fraction of sp³-hybridized carbons (Fsp3) is 0.750. The van der Waals surface area contributed by atoms with E-state index in [9.17, 15) is 4.79 Å². The minimum Gasteiger partial charge on any atom is -0.367 e. The maximum absolute atomic E-state index is 10.4. The lowest BCUT2D eigenvalue weighted by atomic mass is 10.5. The zero-order chi connectivity index (χ0) is 6.85. The lowest BCUT2D eigenvalue weighted by Crippen LogP contribution is -2.57. The molecule has 0 aromatic rings. The van der Waals surface area contributed by atoms with Crippen molar-refractivity contribution < 1.29 is 9.63 Å². The van der Waals surface area contributed by atoms with E-state index in [1.54, 1.807) is 11.9 Å². The molecule has 1 fully saturated rings. The Morgan fingerprint density at radius 3 is 3.11 bits per heavy atom. The summed E-state index contributed by atoms with van der Waals surface area (Å²) >= 11 is 0. The Bertz CT molecular complexity index is 127. The molecular formula is C4H9N3O2. The zero-order valence-corrected chi connectivity index (χ0v) is 5.13. The van der Waals surface area contributed by atoms with Crippen molar-refractivity contribution in [3.63, 3.8) is 0 Å². The molecule has 5 heteroatoms. The number of rotatable bonds is 0. The average molecular weight is 131 g/mol. The van der Waals surface area contributed by atoms with Crippen LogP contribution in [0.15, 0.2) is 0 Å². The van der Waals surface area contributed by atoms with Crippen LogP contribution in [0.5, 0.6) is 0 Å². The van der Waals surface area contributed by atoms with Crippen LogP contribution in [0.3, 0.4) is 0 Å². The number of carbonyl (C=O) groups excluding carboxylic acids is 1. The van der Waals surface area contributed by atoms with Gasteiger partial charge in [-0.15, -0.1) is 5.48 Å². The molecule has 0 aliphatic carbocycles. The van der Waals surface area contributed by atoms with Gasteiger partial charge in [0, 0.05) is 0 Å². The molecule has 5 nitrogen and oxygen atoms in total. The summed E-state index contributed by atoms with van der Waals surface area (Å²) in [6.45, 7) is 0.244. The molecule has 0 amide bonds. The van der Waals surface area contributed by atoms with Crippen LogP contribution in [0.4, 0.5) is 0 Å². The summed E-state index contributed by atoms with van der Waals surface area (Å²) in [5.41, 5.74) is 7.71. The highest BCUT2D eigenvalue weighted by Crippen LogP contribution is 1.92. The van der Waals surface area contributed by atoms with Crippen molar-refractivity contribution in [3.8, 4) is 0 Å². The van der Waals surface area contributed by atoms with Gasteiger partial charge in [0.25, 0.3) is 0 Å². The summed E-state index contributed by atoms with van der Waals surface area (Å²) in [7, 11) is 1.73. The molecule has 0 spiro atoms. The van der Waals surface area contributed by atoms with Crippen molar-refractivity contribution in [2.75, 3.05) is 13.6 Å². The first-order chi connectivity index (χ1) is 4.20. The predicted molar refractivity (Wildman–Crippen MR) is 29.8 cm³/mol. The Morgan fingerprint density at radius 1 is 2.00 bits per heavy atom. The molecule has 0 saturated carbocycles. The third-order valence-corrected chi connectivity index (χ3v) is 1.15. The Morgan fingerprint density at radius 2 is 2.67 bits per heavy atom. The molecule has 1 saturated heterocycles. The highest BCUT2D eigenvalue weighted by Gasteiger charge is 2.20. The van der Waals surface area contributed by atoms with E-state index in [0.717, 1.165) is 0 Å². The first-order valence-corrected chi connectivity index (χ1v) is 2.61. The minimum atomic E-state index is -0.373. The Balaban J connectivity index is 2.44. The minimum absolute atomic E-state index is 0.244. The molecule has 9 heavy (non-hydrogen) atoms. The van der Waals surface area contributed by atoms with E-state index in [1.807, 2.05) is 0 Å². The number of carbonyl (C=O) groups is 1. The van der Waals surface area contributed by atoms with Gasteiger partial charge >= 0.3 is 5.97 Å². The molecule has 1 aliphatic rings. The standard InChI is InChI=1S/C4H9N3O2/c1-7-2-3(8)9-6-4(7)5/h4,6H,2,5H2,1H3. The number of hydrogen-bond acceptors (Lipinski definition) is 5. The molecule has 1 atom stereocenters. The first kappa shape index (κ1) is 6.47. The van der Waals surface area contributed by atoms with E-state index >= 15 is 0 Å². The molecule has 0 bridgehead atoms. The van der Waals surface area contributed by atoms with E-state index in [2.05, 4.69) is 10.3 Å². The molecule has 1 rings (SSSR count). The van der Waals surface area contributed by atoms with Crippen LogP contribution in [-0.4, -0.2) is 30.8 Å². The van der Waals surface area contributed by atoms with Gasteiger partial charge in [-0.3, -0.25) is 4.90 Å². The molecule has 1 heterocycles. The Labute approximate surface area is 52.7 Å². The lowest BCUT2D eigenvalue weighted by Gasteiger charge is -2.27. The van der Waals surface area contributed by atoms with Gasteiger partial charge < -0.3 is 10.6 Å². The fourth-order valence-electron chi connectivity index (χ4n) is 0.550. The highest BCUT2D eigenvalue weighted by molar-refractivity contribution is 5.71. The number of hydroxylamine groups is 1. The third-order valence-electron chi connectivity index (χ3n) is 1.15. The van der Waals surface area contributed by atoms with Crippen LogP contribution >= 0.6 is 0 Å². The molecular weight excluding hydrogens is 122 g/mol. The Kier molecular flexibility index (Phi) is 1.65. The van der Waals surface area contributed by atoms with Gasteiger partial charge in [-0.1, -0.05) is 0 Å². The molecule has 0 aromatic carbocycles. The van der Waals surface area contributed by atoms with Crippen molar-refractivity contribution in [1.82, 2.24) is 10.4 Å². The van der Waals surface area contributed by atoms with E-state index < -0.39 is 0 Å². The van der Waals surface area contributed by atoms with E-state index in [0.29, 0.717) is 0 Å². The monoisotopic (exact) mass is 131 g/mol. The van der Waals surface area contributed by atoms with Crippen LogP contribution in [0, 0.1) is 0 Å². The summed E-state index contributed by atoms with van der Waals surface area (Å²) in [5, 5.41) is 0. The van der Waals surface area contributed by atoms with E-state index in [-0.39, 0.29) is 18.8 Å². The smallest absolute Gasteiger partial charge is 0.338 e. The summed E-state index contributed by atoms with van der Waals surface area (Å²) in [5.74, 6) is -0.306. The highest BCUT2D eigenvalue weighted by atomic mass is 16.7. The van der Waals surface area contributed by atoms with E-state index in [4.69, 9.17) is 5.73 Å². The van der Waals surface area contributed by atoms with Gasteiger partial charge in [0.15, 0.2) is 0 Å². The number of nitrogens with zero attached hydrogens (tertiary/aromatic N) is 1. The molecule has 1 unspecified atom stereocenters. The second kappa shape index (κ2) is 2.30. The van der Waals surface area contributed by atoms with Gasteiger partial charge in [0.1, 0.15) is 12.8 Å². The number of nitrogens with two attached hydrogens (primary N) is 1. The van der Waals surface area contributed by atoms with Gasteiger partial charge in [-0.05, 0) is 7.05 Å². The second-order valence-corrected chi connectivity index (χ2v) is 1.95. The molecule has 3 N–H and O–H groups in total. The maximum Gasteiger partial charge on any atom is 0.338 e. The van der Waals surface area contributed by atoms with Crippen molar-refractivity contribution in [1.29, 1.82) is 0 Å². The van der Waals surface area contributed by atoms with Crippen molar-refractivity contribution >= 4 is 5.97 Å². The largest absolute Gasteiger partial charge is 0.367 e. The SMILES string of the molecule is CN1CC(=O)ONC1N. The third kappa shape index (κ3) is 1.38. The van der Waals surface area contributed by atoms with Crippen molar-refractivity contribution in [2.24, 2.45) is 5.73 Å². The molecule has 0 aromatic heterocycles. The first-order valence-electron chi connectivity index (χ1n) is 2.61. The lowest BCUT2D eigenvalue weighted by molar-refractivity contribution is -0.167. The maximum atomic E-state index is 10.4. The number of likely N-dealkylation sites (N-methyl/N-ethyl adjacent to an activating group) is 1. The van der Waals surface area contributed by atoms with Crippen LogP contribution < -0.4 is 11.2 Å². The average Bonchev–Trinajstić information content (AvgIpc) is 1.80. The number of hydrogen-bond donors (Lipinski definition) is 2. The second-order valence-electron chi connectivity index (χ2n) is 1.95. The van der Waals surface area contributed by atoms with Crippen molar-refractivity contribution in [3.05, 3.63) is 0 Å².